The number of hydrogen-bond acceptors (Lipinski definition) is 5. The van der Waals surface area contributed by atoms with Crippen molar-refractivity contribution < 1.29 is 14.3 Å². The maximum absolute atomic E-state index is 13.2. The standard InChI is InChI=1S/C27H21ClN2O3S/c28-22-9-3-1-6-18(22)15-29-24(31)16-33-27(32)25-20-8-2-4-10-23(20)30-26-17(11-12-21(25)26)14-19-7-5-13-34-19/h1-10,13-14H,11-12,15-16H2,(H,29,31). The van der Waals surface area contributed by atoms with E-state index in [2.05, 4.69) is 17.5 Å². The Morgan fingerprint density at radius 2 is 1.88 bits per heavy atom. The predicted molar refractivity (Wildman–Crippen MR) is 136 cm³/mol. The predicted octanol–water partition coefficient (Wildman–Crippen LogP) is 5.91. The van der Waals surface area contributed by atoms with Crippen molar-refractivity contribution in [1.29, 1.82) is 0 Å². The summed E-state index contributed by atoms with van der Waals surface area (Å²) in [5.41, 5.74) is 4.84. The third-order valence-corrected chi connectivity index (χ3v) is 6.96. The minimum absolute atomic E-state index is 0.264. The van der Waals surface area contributed by atoms with Gasteiger partial charge in [0.2, 0.25) is 0 Å². The number of halogens is 1. The van der Waals surface area contributed by atoms with Gasteiger partial charge in [-0.3, -0.25) is 4.79 Å². The molecule has 0 unspecified atom stereocenters. The van der Waals surface area contributed by atoms with Crippen LogP contribution in [-0.2, 0) is 22.5 Å². The number of nitrogens with zero attached hydrogens (tertiary/aromatic N) is 1. The fourth-order valence-electron chi connectivity index (χ4n) is 4.15. The molecule has 2 aromatic carbocycles. The maximum Gasteiger partial charge on any atom is 0.339 e. The number of rotatable bonds is 6. The highest BCUT2D eigenvalue weighted by Crippen LogP contribution is 2.38. The summed E-state index contributed by atoms with van der Waals surface area (Å²) >= 11 is 7.80. The van der Waals surface area contributed by atoms with E-state index < -0.39 is 5.97 Å². The molecule has 0 radical (unpaired) electrons. The Kier molecular flexibility index (Phi) is 6.43. The molecule has 0 saturated heterocycles. The molecule has 0 spiro atoms. The van der Waals surface area contributed by atoms with Gasteiger partial charge in [-0.15, -0.1) is 11.3 Å². The molecule has 7 heteroatoms. The van der Waals surface area contributed by atoms with Crippen molar-refractivity contribution in [3.63, 3.8) is 0 Å². The van der Waals surface area contributed by atoms with Crippen LogP contribution in [0.25, 0.3) is 22.6 Å². The van der Waals surface area contributed by atoms with Crippen LogP contribution < -0.4 is 5.32 Å². The van der Waals surface area contributed by atoms with Gasteiger partial charge in [-0.1, -0.05) is 54.1 Å². The molecular weight excluding hydrogens is 468 g/mol. The summed E-state index contributed by atoms with van der Waals surface area (Å²) in [6.07, 6.45) is 3.64. The Morgan fingerprint density at radius 3 is 2.71 bits per heavy atom. The van der Waals surface area contributed by atoms with Crippen molar-refractivity contribution in [1.82, 2.24) is 10.3 Å². The van der Waals surface area contributed by atoms with Gasteiger partial charge in [0.15, 0.2) is 6.61 Å². The number of esters is 1. The summed E-state index contributed by atoms with van der Waals surface area (Å²) in [6.45, 7) is -0.104. The van der Waals surface area contributed by atoms with E-state index in [1.54, 1.807) is 17.4 Å². The largest absolute Gasteiger partial charge is 0.452 e. The van der Waals surface area contributed by atoms with E-state index in [4.69, 9.17) is 21.3 Å². The zero-order valence-corrected chi connectivity index (χ0v) is 19.8. The SMILES string of the molecule is O=C(COC(=O)c1c2c(nc3ccccc13)C(=Cc1cccs1)CC2)NCc1ccccc1Cl. The number of allylic oxidation sites excluding steroid dienone is 1. The number of ether oxygens (including phenoxy) is 1. The average molecular weight is 489 g/mol. The Labute approximate surface area is 206 Å². The van der Waals surface area contributed by atoms with Gasteiger partial charge >= 0.3 is 5.97 Å². The molecular formula is C27H21ClN2O3S. The van der Waals surface area contributed by atoms with Crippen LogP contribution in [0, 0.1) is 0 Å². The Bertz CT molecular complexity index is 1410. The van der Waals surface area contributed by atoms with Gasteiger partial charge in [0.25, 0.3) is 5.91 Å². The van der Waals surface area contributed by atoms with E-state index in [0.29, 0.717) is 17.0 Å². The Hall–Kier alpha value is -3.48. The minimum atomic E-state index is -0.514. The first-order chi connectivity index (χ1) is 16.6. The van der Waals surface area contributed by atoms with E-state index in [9.17, 15) is 9.59 Å². The minimum Gasteiger partial charge on any atom is -0.452 e. The fraction of sp³-hybridized carbons (Fsp3) is 0.148. The quantitative estimate of drug-likeness (QED) is 0.342. The van der Waals surface area contributed by atoms with Crippen LogP contribution in [0.3, 0.4) is 0 Å². The van der Waals surface area contributed by atoms with Gasteiger partial charge in [-0.2, -0.15) is 0 Å². The van der Waals surface area contributed by atoms with Gasteiger partial charge in [-0.05, 0) is 59.2 Å². The smallest absolute Gasteiger partial charge is 0.339 e. The summed E-state index contributed by atoms with van der Waals surface area (Å²) < 4.78 is 5.45. The molecule has 0 aliphatic heterocycles. The van der Waals surface area contributed by atoms with Gasteiger partial charge in [0.1, 0.15) is 0 Å². The van der Waals surface area contributed by atoms with E-state index in [0.717, 1.165) is 44.6 Å². The molecule has 1 amide bonds. The first-order valence-corrected chi connectivity index (χ1v) is 12.2. The number of pyridine rings is 1. The molecule has 34 heavy (non-hydrogen) atoms. The highest BCUT2D eigenvalue weighted by molar-refractivity contribution is 7.10. The van der Waals surface area contributed by atoms with Crippen molar-refractivity contribution in [2.75, 3.05) is 6.61 Å². The number of aromatic nitrogens is 1. The second-order valence-corrected chi connectivity index (χ2v) is 9.35. The molecule has 5 rings (SSSR count). The zero-order valence-electron chi connectivity index (χ0n) is 18.2. The molecule has 1 aliphatic rings. The second-order valence-electron chi connectivity index (χ2n) is 7.96. The van der Waals surface area contributed by atoms with Crippen molar-refractivity contribution >= 4 is 57.4 Å². The lowest BCUT2D eigenvalue weighted by molar-refractivity contribution is -0.124. The number of amides is 1. The maximum atomic E-state index is 13.2. The summed E-state index contributed by atoms with van der Waals surface area (Å²) in [5.74, 6) is -0.901. The van der Waals surface area contributed by atoms with Crippen LogP contribution in [-0.4, -0.2) is 23.5 Å². The zero-order chi connectivity index (χ0) is 23.5. The molecule has 0 saturated carbocycles. The van der Waals surface area contributed by atoms with Crippen LogP contribution in [0.15, 0.2) is 66.0 Å². The molecule has 1 N–H and O–H groups in total. The first-order valence-electron chi connectivity index (χ1n) is 10.9. The number of thiophene rings is 1. The van der Waals surface area contributed by atoms with Gasteiger partial charge in [0.05, 0.1) is 16.8 Å². The summed E-state index contributed by atoms with van der Waals surface area (Å²) in [5, 5.41) is 6.09. The van der Waals surface area contributed by atoms with Gasteiger partial charge < -0.3 is 10.1 Å². The van der Waals surface area contributed by atoms with Crippen LogP contribution in [0.2, 0.25) is 5.02 Å². The molecule has 170 valence electrons. The number of hydrogen-bond donors (Lipinski definition) is 1. The third kappa shape index (κ3) is 4.60. The highest BCUT2D eigenvalue weighted by atomic mass is 35.5. The second kappa shape index (κ2) is 9.79. The van der Waals surface area contributed by atoms with Crippen molar-refractivity contribution in [3.8, 4) is 0 Å². The highest BCUT2D eigenvalue weighted by Gasteiger charge is 2.28. The van der Waals surface area contributed by atoms with Crippen LogP contribution in [0.4, 0.5) is 0 Å². The number of nitrogens with one attached hydrogen (secondary N) is 1. The Morgan fingerprint density at radius 1 is 1.06 bits per heavy atom. The van der Waals surface area contributed by atoms with Crippen LogP contribution in [0.5, 0.6) is 0 Å². The molecule has 5 nitrogen and oxygen atoms in total. The van der Waals surface area contributed by atoms with Crippen LogP contribution >= 0.6 is 22.9 Å². The van der Waals surface area contributed by atoms with Gasteiger partial charge in [0, 0.05) is 21.8 Å². The van der Waals surface area contributed by atoms with Gasteiger partial charge in [-0.25, -0.2) is 9.78 Å². The number of para-hydroxylation sites is 1. The first kappa shape index (κ1) is 22.3. The summed E-state index contributed by atoms with van der Waals surface area (Å²) in [4.78, 5) is 31.6. The summed E-state index contributed by atoms with van der Waals surface area (Å²) in [7, 11) is 0. The Balaban J connectivity index is 1.37. The molecule has 0 fully saturated rings. The normalized spacial score (nSPS) is 13.7. The molecule has 2 aromatic heterocycles. The molecule has 2 heterocycles. The van der Waals surface area contributed by atoms with Crippen LogP contribution in [0.1, 0.15) is 38.5 Å². The lowest BCUT2D eigenvalue weighted by Gasteiger charge is -2.12. The van der Waals surface area contributed by atoms with Crippen molar-refractivity contribution in [2.45, 2.75) is 19.4 Å². The third-order valence-electron chi connectivity index (χ3n) is 5.77. The van der Waals surface area contributed by atoms with E-state index in [-0.39, 0.29) is 19.1 Å². The lowest BCUT2D eigenvalue weighted by Crippen LogP contribution is -2.28. The topological polar surface area (TPSA) is 68.3 Å². The molecule has 0 bridgehead atoms. The number of carbonyl (C=O) groups is 2. The molecule has 4 aromatic rings. The molecule has 1 aliphatic carbocycles. The monoisotopic (exact) mass is 488 g/mol. The fourth-order valence-corrected chi connectivity index (χ4v) is 5.03. The van der Waals surface area contributed by atoms with E-state index in [1.807, 2.05) is 53.9 Å². The van der Waals surface area contributed by atoms with Crippen molar-refractivity contribution in [2.24, 2.45) is 0 Å². The number of benzene rings is 2. The summed E-state index contributed by atoms with van der Waals surface area (Å²) in [6, 6.07) is 18.9. The average Bonchev–Trinajstić information content (AvgIpc) is 3.51. The van der Waals surface area contributed by atoms with E-state index >= 15 is 0 Å². The van der Waals surface area contributed by atoms with E-state index in [1.165, 1.54) is 0 Å². The number of carbonyl (C=O) groups excluding carboxylic acids is 2. The lowest BCUT2D eigenvalue weighted by atomic mass is 10.0. The molecule has 0 atom stereocenters. The van der Waals surface area contributed by atoms with Crippen molar-refractivity contribution in [3.05, 3.63) is 98.3 Å². The number of fused-ring (bicyclic) bond motifs is 2.